The fraction of sp³-hybridized carbons (Fsp3) is 0.677. The summed E-state index contributed by atoms with van der Waals surface area (Å²) in [4.78, 5) is 77.3. The number of allylic oxidation sites excluding steroid dienone is 3. The molecule has 3 aliphatic carbocycles. The highest BCUT2D eigenvalue weighted by Gasteiger charge is 2.80. The minimum atomic E-state index is -2.12. The summed E-state index contributed by atoms with van der Waals surface area (Å²) >= 11 is 0. The van der Waals surface area contributed by atoms with E-state index < -0.39 is 120 Å². The number of ketones is 1. The third kappa shape index (κ3) is 5.13. The predicted octanol–water partition coefficient (Wildman–Crippen LogP) is -0.466. The van der Waals surface area contributed by atoms with E-state index in [1.165, 1.54) is 13.8 Å². The van der Waals surface area contributed by atoms with E-state index in [1.54, 1.807) is 20.8 Å². The first kappa shape index (κ1) is 35.2. The monoisotopic (exact) mass is 651 g/mol. The van der Waals surface area contributed by atoms with Crippen molar-refractivity contribution >= 4 is 35.6 Å². The van der Waals surface area contributed by atoms with E-state index in [9.17, 15) is 44.1 Å². The van der Waals surface area contributed by atoms with Gasteiger partial charge in [0.05, 0.1) is 32.3 Å². The molecule has 3 fully saturated rings. The molecule has 0 bridgehead atoms. The zero-order valence-electron chi connectivity index (χ0n) is 26.5. The van der Waals surface area contributed by atoms with Crippen molar-refractivity contribution in [3.05, 3.63) is 23.0 Å². The summed E-state index contributed by atoms with van der Waals surface area (Å²) in [7, 11) is 1.05. The number of rotatable bonds is 8. The number of aliphatic hydroxyl groups excluding tert-OH is 3. The average Bonchev–Trinajstić information content (AvgIpc) is 2.96. The Morgan fingerprint density at radius 3 is 2.30 bits per heavy atom. The first-order valence-electron chi connectivity index (χ1n) is 14.9. The molecule has 0 radical (unpaired) electrons. The Morgan fingerprint density at radius 1 is 1.13 bits per heavy atom. The van der Waals surface area contributed by atoms with Crippen molar-refractivity contribution in [1.29, 1.82) is 0 Å². The lowest BCUT2D eigenvalue weighted by Gasteiger charge is -2.70. The van der Waals surface area contributed by atoms with Gasteiger partial charge in [0.2, 0.25) is 6.10 Å². The van der Waals surface area contributed by atoms with Crippen LogP contribution in [0.2, 0.25) is 0 Å². The van der Waals surface area contributed by atoms with Crippen LogP contribution in [0.1, 0.15) is 53.9 Å². The topological polar surface area (TPSA) is 246 Å². The van der Waals surface area contributed by atoms with E-state index in [2.05, 4.69) is 0 Å². The summed E-state index contributed by atoms with van der Waals surface area (Å²) < 4.78 is 21.8. The highest BCUT2D eigenvalue weighted by atomic mass is 16.6. The SMILES string of the molecule is COC(=O)[C@@]1(C)[C@@H](O)[C@H](O)C2[C@@]3(CO)[C@@H](C[C@H]4C(C)=C(OC(=O)[C@@H](N)CC(=O)O)C(=O)C[C@]24C)OC(=O)[C@H](OC(=O)C=C(C)C)[C@@H]13. The van der Waals surface area contributed by atoms with Gasteiger partial charge in [-0.1, -0.05) is 12.5 Å². The molecule has 254 valence electrons. The van der Waals surface area contributed by atoms with Crippen LogP contribution in [0.4, 0.5) is 0 Å². The van der Waals surface area contributed by atoms with Gasteiger partial charge in [-0.05, 0) is 51.0 Å². The number of hydrogen-bond donors (Lipinski definition) is 5. The average molecular weight is 652 g/mol. The fourth-order valence-corrected chi connectivity index (χ4v) is 8.78. The van der Waals surface area contributed by atoms with E-state index >= 15 is 0 Å². The Balaban J connectivity index is 1.91. The first-order chi connectivity index (χ1) is 21.3. The number of carbonyl (C=O) groups is 6. The number of nitrogens with two attached hydrogens (primary N) is 1. The lowest BCUT2D eigenvalue weighted by Crippen LogP contribution is -2.80. The molecule has 0 spiro atoms. The highest BCUT2D eigenvalue weighted by molar-refractivity contribution is 5.99. The van der Waals surface area contributed by atoms with Gasteiger partial charge in [0.25, 0.3) is 0 Å². The Labute approximate surface area is 264 Å². The minimum absolute atomic E-state index is 0.0914. The van der Waals surface area contributed by atoms with Crippen LogP contribution in [-0.4, -0.2) is 100 Å². The lowest BCUT2D eigenvalue weighted by atomic mass is 9.35. The molecule has 0 aromatic heterocycles. The maximum atomic E-state index is 13.7. The molecule has 46 heavy (non-hydrogen) atoms. The van der Waals surface area contributed by atoms with Gasteiger partial charge in [-0.15, -0.1) is 0 Å². The van der Waals surface area contributed by atoms with Crippen molar-refractivity contribution in [3.8, 4) is 0 Å². The molecule has 0 aromatic carbocycles. The summed E-state index contributed by atoms with van der Waals surface area (Å²) in [6.45, 7) is 6.80. The number of hydrogen-bond acceptors (Lipinski definition) is 14. The van der Waals surface area contributed by atoms with Crippen LogP contribution in [0.15, 0.2) is 23.0 Å². The minimum Gasteiger partial charge on any atom is -0.481 e. The van der Waals surface area contributed by atoms with Crippen LogP contribution < -0.4 is 5.73 Å². The second-order valence-electron chi connectivity index (χ2n) is 13.5. The van der Waals surface area contributed by atoms with Gasteiger partial charge in [-0.2, -0.15) is 0 Å². The van der Waals surface area contributed by atoms with Gasteiger partial charge in [0.1, 0.15) is 17.6 Å². The summed E-state index contributed by atoms with van der Waals surface area (Å²) in [5.74, 6) is -10.1. The van der Waals surface area contributed by atoms with Crippen molar-refractivity contribution in [2.75, 3.05) is 13.7 Å². The predicted molar refractivity (Wildman–Crippen MR) is 153 cm³/mol. The fourth-order valence-electron chi connectivity index (χ4n) is 8.78. The maximum absolute atomic E-state index is 13.7. The Morgan fingerprint density at radius 2 is 1.76 bits per heavy atom. The van der Waals surface area contributed by atoms with Crippen LogP contribution in [0, 0.1) is 34.0 Å². The smallest absolute Gasteiger partial charge is 0.348 e. The van der Waals surface area contributed by atoms with Crippen LogP contribution in [-0.2, 0) is 47.7 Å². The number of carbonyl (C=O) groups excluding carboxylic acids is 5. The molecule has 0 aromatic rings. The second-order valence-corrected chi connectivity index (χ2v) is 13.5. The third-order valence-corrected chi connectivity index (χ3v) is 10.6. The van der Waals surface area contributed by atoms with Gasteiger partial charge in [-0.3, -0.25) is 14.4 Å². The quantitative estimate of drug-likeness (QED) is 0.127. The number of methoxy groups -OCH3 is 1. The van der Waals surface area contributed by atoms with Crippen molar-refractivity contribution in [2.24, 2.45) is 39.7 Å². The van der Waals surface area contributed by atoms with Crippen molar-refractivity contribution in [2.45, 2.75) is 84.3 Å². The molecular formula is C31H41NO14. The molecule has 15 heteroatoms. The van der Waals surface area contributed by atoms with E-state index in [0.29, 0.717) is 5.57 Å². The highest BCUT2D eigenvalue weighted by Crippen LogP contribution is 2.71. The maximum Gasteiger partial charge on any atom is 0.348 e. The molecule has 1 saturated heterocycles. The van der Waals surface area contributed by atoms with Crippen LogP contribution >= 0.6 is 0 Å². The van der Waals surface area contributed by atoms with Gasteiger partial charge in [0.15, 0.2) is 11.5 Å². The number of Topliss-reactive ketones (excluding diaryl/α,β-unsaturated/α-hetero) is 1. The summed E-state index contributed by atoms with van der Waals surface area (Å²) in [5.41, 5.74) is 1.21. The van der Waals surface area contributed by atoms with Crippen molar-refractivity contribution in [1.82, 2.24) is 0 Å². The van der Waals surface area contributed by atoms with E-state index in [-0.39, 0.29) is 17.8 Å². The molecule has 1 heterocycles. The number of aliphatic carboxylic acids is 1. The van der Waals surface area contributed by atoms with Crippen LogP contribution in [0.25, 0.3) is 0 Å². The molecule has 4 rings (SSSR count). The van der Waals surface area contributed by atoms with E-state index in [4.69, 9.17) is 29.8 Å². The standard InChI is InChI=1S/C31H41NO14/c1-12(2)7-19(37)45-22-24-30(5,28(42)43-6)25(39)20(38)23-29(4)10-16(34)21(46-26(40)15(32)9-18(35)36)13(3)14(29)8-17(44-27(22)41)31(23,24)11-33/h7,14-15,17,20,22-25,33,38-39H,8-11,32H2,1-6H3,(H,35,36)/t14-,15-,17+,20+,22+,23?,24-,25-,29-,30+,31+/m0/s1. The molecule has 4 aliphatic rings. The zero-order chi connectivity index (χ0) is 34.7. The van der Waals surface area contributed by atoms with Gasteiger partial charge in [0, 0.05) is 29.7 Å². The molecule has 15 nitrogen and oxygen atoms in total. The summed E-state index contributed by atoms with van der Waals surface area (Å²) in [6.07, 6.45) is -6.94. The van der Waals surface area contributed by atoms with Gasteiger partial charge >= 0.3 is 29.8 Å². The number of carboxylic acid groups (broad SMARTS) is 1. The number of carboxylic acids is 1. The van der Waals surface area contributed by atoms with Crippen molar-refractivity contribution in [3.63, 3.8) is 0 Å². The van der Waals surface area contributed by atoms with E-state index in [1.807, 2.05) is 0 Å². The molecule has 0 amide bonds. The van der Waals surface area contributed by atoms with E-state index in [0.717, 1.165) is 13.2 Å². The van der Waals surface area contributed by atoms with Crippen LogP contribution in [0.3, 0.4) is 0 Å². The Bertz CT molecular complexity index is 1420. The largest absolute Gasteiger partial charge is 0.481 e. The lowest BCUT2D eigenvalue weighted by molar-refractivity contribution is -0.326. The Kier molecular flexibility index (Phi) is 9.31. The van der Waals surface area contributed by atoms with Crippen molar-refractivity contribution < 1.29 is 68.1 Å². The Hall–Kier alpha value is -3.66. The number of esters is 4. The molecule has 6 N–H and O–H groups in total. The third-order valence-electron chi connectivity index (χ3n) is 10.6. The number of ether oxygens (including phenoxy) is 4. The van der Waals surface area contributed by atoms with Crippen LogP contribution in [0.5, 0.6) is 0 Å². The van der Waals surface area contributed by atoms with Gasteiger partial charge < -0.3 is 45.1 Å². The number of aliphatic hydroxyl groups is 3. The molecule has 11 atom stereocenters. The zero-order valence-corrected chi connectivity index (χ0v) is 26.5. The van der Waals surface area contributed by atoms with Gasteiger partial charge in [-0.25, -0.2) is 14.4 Å². The second kappa shape index (κ2) is 12.2. The molecular weight excluding hydrogens is 610 g/mol. The normalized spacial score (nSPS) is 38.8. The summed E-state index contributed by atoms with van der Waals surface area (Å²) in [6, 6.07) is -1.57. The molecule has 2 saturated carbocycles. The summed E-state index contributed by atoms with van der Waals surface area (Å²) in [5, 5.41) is 43.9. The first-order valence-corrected chi connectivity index (χ1v) is 14.9. The molecule has 1 unspecified atom stereocenters. The molecule has 1 aliphatic heterocycles. The number of fused-ring (bicyclic) bond motifs is 2.